The molecule has 0 aromatic rings. The zero-order valence-corrected chi connectivity index (χ0v) is 9.34. The summed E-state index contributed by atoms with van der Waals surface area (Å²) >= 11 is 0. The summed E-state index contributed by atoms with van der Waals surface area (Å²) in [5.41, 5.74) is 0. The minimum absolute atomic E-state index is 0.0541. The maximum absolute atomic E-state index is 11.4. The molecule has 2 atom stereocenters. The maximum Gasteiger partial charge on any atom is 0.237 e. The van der Waals surface area contributed by atoms with Crippen molar-refractivity contribution >= 4 is 5.91 Å². The molecule has 0 aliphatic rings. The Morgan fingerprint density at radius 2 is 2.13 bits per heavy atom. The van der Waals surface area contributed by atoms with Crippen LogP contribution in [0.25, 0.3) is 0 Å². The van der Waals surface area contributed by atoms with Crippen LogP contribution in [0.2, 0.25) is 0 Å². The van der Waals surface area contributed by atoms with Gasteiger partial charge in [0.25, 0.3) is 0 Å². The monoisotopic (exact) mass is 206 g/mol. The van der Waals surface area contributed by atoms with Crippen molar-refractivity contribution < 1.29 is 4.79 Å². The third kappa shape index (κ3) is 5.78. The Kier molecular flexibility index (Phi) is 7.14. The molecule has 2 unspecified atom stereocenters. The second-order valence-corrected chi connectivity index (χ2v) is 3.32. The number of amides is 1. The van der Waals surface area contributed by atoms with E-state index >= 15 is 0 Å². The average molecular weight is 206 g/mol. The van der Waals surface area contributed by atoms with Crippen molar-refractivity contribution in [2.75, 3.05) is 6.54 Å². The Balaban J connectivity index is 4.00. The van der Waals surface area contributed by atoms with Gasteiger partial charge in [-0.05, 0) is 13.3 Å². The molecule has 0 saturated carbocycles. The molecule has 0 aromatic heterocycles. The van der Waals surface area contributed by atoms with Gasteiger partial charge in [-0.3, -0.25) is 10.1 Å². The third-order valence-electron chi connectivity index (χ3n) is 1.99. The van der Waals surface area contributed by atoms with Crippen molar-refractivity contribution in [1.29, 1.82) is 0 Å². The van der Waals surface area contributed by atoms with Gasteiger partial charge >= 0.3 is 0 Å². The fraction of sp³-hybridized carbons (Fsp3) is 0.583. The standard InChI is InChI=1S/C12H18N2O/c1-5-8-11(7-3)14-10(4)12(15)13-9-6-2/h2-3,10-11,14H,5,8-9H2,1,4H3,(H,13,15). The lowest BCUT2D eigenvalue weighted by Gasteiger charge is -2.17. The summed E-state index contributed by atoms with van der Waals surface area (Å²) in [6.07, 6.45) is 12.2. The normalized spacial score (nSPS) is 13.3. The molecule has 3 nitrogen and oxygen atoms in total. The second kappa shape index (κ2) is 7.91. The summed E-state index contributed by atoms with van der Waals surface area (Å²) < 4.78 is 0. The molecule has 0 bridgehead atoms. The van der Waals surface area contributed by atoms with E-state index < -0.39 is 0 Å². The summed E-state index contributed by atoms with van der Waals surface area (Å²) in [6.45, 7) is 4.07. The number of hydrogen-bond acceptors (Lipinski definition) is 2. The summed E-state index contributed by atoms with van der Waals surface area (Å²) in [6, 6.07) is -0.368. The molecule has 0 radical (unpaired) electrons. The van der Waals surface area contributed by atoms with Gasteiger partial charge in [0.15, 0.2) is 0 Å². The first-order valence-corrected chi connectivity index (χ1v) is 5.09. The smallest absolute Gasteiger partial charge is 0.237 e. The molecule has 0 fully saturated rings. The van der Waals surface area contributed by atoms with Crippen molar-refractivity contribution in [3.63, 3.8) is 0 Å². The van der Waals surface area contributed by atoms with E-state index in [1.807, 2.05) is 0 Å². The minimum atomic E-state index is -0.314. The van der Waals surface area contributed by atoms with E-state index in [4.69, 9.17) is 12.8 Å². The van der Waals surface area contributed by atoms with Crippen molar-refractivity contribution in [2.45, 2.75) is 38.8 Å². The number of nitrogens with one attached hydrogen (secondary N) is 2. The zero-order chi connectivity index (χ0) is 11.7. The van der Waals surface area contributed by atoms with Crippen LogP contribution in [0, 0.1) is 24.7 Å². The van der Waals surface area contributed by atoms with Gasteiger partial charge in [0, 0.05) is 0 Å². The van der Waals surface area contributed by atoms with E-state index in [-0.39, 0.29) is 24.5 Å². The number of hydrogen-bond donors (Lipinski definition) is 2. The molecule has 1 amide bonds. The van der Waals surface area contributed by atoms with Crippen molar-refractivity contribution in [1.82, 2.24) is 10.6 Å². The lowest BCUT2D eigenvalue weighted by molar-refractivity contribution is -0.122. The van der Waals surface area contributed by atoms with Crippen LogP contribution in [0.15, 0.2) is 0 Å². The molecule has 0 heterocycles. The lowest BCUT2D eigenvalue weighted by Crippen LogP contribution is -2.46. The molecule has 2 N–H and O–H groups in total. The minimum Gasteiger partial charge on any atom is -0.344 e. The van der Waals surface area contributed by atoms with Crippen LogP contribution in [0.5, 0.6) is 0 Å². The van der Waals surface area contributed by atoms with Crippen molar-refractivity contribution in [3.05, 3.63) is 0 Å². The molecule has 0 aliphatic heterocycles. The number of carbonyl (C=O) groups is 1. The number of rotatable bonds is 6. The quantitative estimate of drug-likeness (QED) is 0.622. The predicted molar refractivity (Wildman–Crippen MR) is 62.0 cm³/mol. The van der Waals surface area contributed by atoms with Gasteiger partial charge in [-0.1, -0.05) is 25.2 Å². The SMILES string of the molecule is C#CCNC(=O)C(C)NC(C#C)CCC. The fourth-order valence-corrected chi connectivity index (χ4v) is 1.17. The van der Waals surface area contributed by atoms with Crippen LogP contribution >= 0.6 is 0 Å². The average Bonchev–Trinajstić information content (AvgIpc) is 2.24. The van der Waals surface area contributed by atoms with Crippen LogP contribution < -0.4 is 10.6 Å². The van der Waals surface area contributed by atoms with Gasteiger partial charge in [-0.25, -0.2) is 0 Å². The molecule has 82 valence electrons. The van der Waals surface area contributed by atoms with Crippen LogP contribution in [-0.2, 0) is 4.79 Å². The van der Waals surface area contributed by atoms with E-state index in [0.717, 1.165) is 12.8 Å². The highest BCUT2D eigenvalue weighted by atomic mass is 16.2. The molecule has 0 aromatic carbocycles. The summed E-state index contributed by atoms with van der Waals surface area (Å²) in [7, 11) is 0. The van der Waals surface area contributed by atoms with E-state index in [2.05, 4.69) is 29.4 Å². The fourth-order valence-electron chi connectivity index (χ4n) is 1.17. The first-order chi connectivity index (χ1) is 7.15. The first kappa shape index (κ1) is 13.5. The highest BCUT2D eigenvalue weighted by Gasteiger charge is 2.14. The van der Waals surface area contributed by atoms with Crippen LogP contribution in [-0.4, -0.2) is 24.5 Å². The Bertz CT molecular complexity index is 272. The largest absolute Gasteiger partial charge is 0.344 e. The molecule has 15 heavy (non-hydrogen) atoms. The molecular formula is C12H18N2O. The van der Waals surface area contributed by atoms with Crippen LogP contribution in [0.3, 0.4) is 0 Å². The van der Waals surface area contributed by atoms with Gasteiger partial charge in [-0.15, -0.1) is 12.8 Å². The van der Waals surface area contributed by atoms with Gasteiger partial charge in [-0.2, -0.15) is 0 Å². The molecule has 0 saturated heterocycles. The molecule has 0 rings (SSSR count). The highest BCUT2D eigenvalue weighted by molar-refractivity contribution is 5.81. The highest BCUT2D eigenvalue weighted by Crippen LogP contribution is 1.96. The maximum atomic E-state index is 11.4. The topological polar surface area (TPSA) is 41.1 Å². The Hall–Kier alpha value is -1.45. The van der Waals surface area contributed by atoms with Crippen LogP contribution in [0.4, 0.5) is 0 Å². The van der Waals surface area contributed by atoms with E-state index in [0.29, 0.717) is 0 Å². The summed E-state index contributed by atoms with van der Waals surface area (Å²) in [4.78, 5) is 11.4. The molecule has 3 heteroatoms. The van der Waals surface area contributed by atoms with Gasteiger partial charge in [0.2, 0.25) is 5.91 Å². The van der Waals surface area contributed by atoms with Gasteiger partial charge < -0.3 is 5.32 Å². The van der Waals surface area contributed by atoms with E-state index in [9.17, 15) is 4.79 Å². The van der Waals surface area contributed by atoms with Crippen LogP contribution in [0.1, 0.15) is 26.7 Å². The lowest BCUT2D eigenvalue weighted by atomic mass is 10.1. The first-order valence-electron chi connectivity index (χ1n) is 5.09. The molecule has 0 aliphatic carbocycles. The molecular weight excluding hydrogens is 188 g/mol. The summed E-state index contributed by atoms with van der Waals surface area (Å²) in [5.74, 6) is 4.84. The van der Waals surface area contributed by atoms with Gasteiger partial charge in [0.1, 0.15) is 0 Å². The summed E-state index contributed by atoms with van der Waals surface area (Å²) in [5, 5.41) is 5.66. The second-order valence-electron chi connectivity index (χ2n) is 3.32. The zero-order valence-electron chi connectivity index (χ0n) is 9.34. The predicted octanol–water partition coefficient (Wildman–Crippen LogP) is 0.516. The van der Waals surface area contributed by atoms with E-state index in [1.165, 1.54) is 0 Å². The Labute approximate surface area is 92.0 Å². The molecule has 0 spiro atoms. The van der Waals surface area contributed by atoms with Gasteiger partial charge in [0.05, 0.1) is 18.6 Å². The van der Waals surface area contributed by atoms with Crippen molar-refractivity contribution in [2.24, 2.45) is 0 Å². The van der Waals surface area contributed by atoms with Crippen molar-refractivity contribution in [3.8, 4) is 24.7 Å². The number of terminal acetylenes is 2. The third-order valence-corrected chi connectivity index (χ3v) is 1.99. The Morgan fingerprint density at radius 1 is 1.47 bits per heavy atom. The number of carbonyl (C=O) groups excluding carboxylic acids is 1. The Morgan fingerprint density at radius 3 is 2.60 bits per heavy atom. The van der Waals surface area contributed by atoms with E-state index in [1.54, 1.807) is 6.92 Å².